The molecule has 0 spiro atoms. The van der Waals surface area contributed by atoms with Crippen LogP contribution in [0.5, 0.6) is 5.75 Å². The van der Waals surface area contributed by atoms with Crippen molar-refractivity contribution in [2.75, 3.05) is 0 Å². The zero-order valence-corrected chi connectivity index (χ0v) is 12.0. The van der Waals surface area contributed by atoms with Gasteiger partial charge in [-0.25, -0.2) is 4.98 Å². The Hall–Kier alpha value is -2.62. The summed E-state index contributed by atoms with van der Waals surface area (Å²) in [4.78, 5) is 16.4. The molecule has 2 heterocycles. The molecule has 0 saturated carbocycles. The molecule has 0 radical (unpaired) electrons. The minimum Gasteiger partial charge on any atom is -0.487 e. The fraction of sp³-hybridized carbons (Fsp3) is 0.176. The molecule has 0 unspecified atom stereocenters. The Morgan fingerprint density at radius 2 is 2.00 bits per heavy atom. The van der Waals surface area contributed by atoms with Gasteiger partial charge in [0.25, 0.3) is 5.56 Å². The van der Waals surface area contributed by atoms with Gasteiger partial charge in [-0.05, 0) is 43.2 Å². The first-order valence-corrected chi connectivity index (χ1v) is 6.81. The lowest BCUT2D eigenvalue weighted by Crippen LogP contribution is -2.16. The van der Waals surface area contributed by atoms with Crippen LogP contribution in [0, 0.1) is 13.8 Å². The van der Waals surface area contributed by atoms with E-state index in [-0.39, 0.29) is 12.2 Å². The van der Waals surface area contributed by atoms with E-state index in [0.717, 1.165) is 16.9 Å². The zero-order valence-electron chi connectivity index (χ0n) is 12.0. The third-order valence-electron chi connectivity index (χ3n) is 3.34. The first-order valence-electron chi connectivity index (χ1n) is 6.81. The second-order valence-corrected chi connectivity index (χ2v) is 5.07. The molecule has 4 nitrogen and oxygen atoms in total. The van der Waals surface area contributed by atoms with Gasteiger partial charge >= 0.3 is 0 Å². The minimum absolute atomic E-state index is 0.0971. The summed E-state index contributed by atoms with van der Waals surface area (Å²) in [5.74, 6) is 0.824. The van der Waals surface area contributed by atoms with Gasteiger partial charge in [-0.1, -0.05) is 18.2 Å². The standard InChI is InChI=1S/C17H16N2O2/c1-12-6-7-13(2)15(9-12)21-11-14-10-17(20)19-8-4-3-5-16(19)18-14/h3-10H,11H2,1-2H3. The Bertz CT molecular complexity index is 853. The molecular weight excluding hydrogens is 264 g/mol. The van der Waals surface area contributed by atoms with Gasteiger partial charge in [0.15, 0.2) is 0 Å². The molecule has 106 valence electrons. The summed E-state index contributed by atoms with van der Waals surface area (Å²) in [7, 11) is 0. The highest BCUT2D eigenvalue weighted by molar-refractivity contribution is 5.38. The first-order chi connectivity index (χ1) is 10.1. The van der Waals surface area contributed by atoms with Crippen LogP contribution in [0.3, 0.4) is 0 Å². The van der Waals surface area contributed by atoms with E-state index in [1.807, 2.05) is 50.2 Å². The molecule has 0 amide bonds. The Morgan fingerprint density at radius 3 is 2.86 bits per heavy atom. The number of aromatic nitrogens is 2. The molecule has 0 fully saturated rings. The van der Waals surface area contributed by atoms with Crippen LogP contribution in [0.4, 0.5) is 0 Å². The molecule has 1 aromatic carbocycles. The lowest BCUT2D eigenvalue weighted by molar-refractivity contribution is 0.299. The van der Waals surface area contributed by atoms with Crippen molar-refractivity contribution >= 4 is 5.65 Å². The van der Waals surface area contributed by atoms with Gasteiger partial charge in [-0.15, -0.1) is 0 Å². The lowest BCUT2D eigenvalue weighted by Gasteiger charge is -2.10. The summed E-state index contributed by atoms with van der Waals surface area (Å²) in [6.07, 6.45) is 1.71. The van der Waals surface area contributed by atoms with E-state index < -0.39 is 0 Å². The second kappa shape index (κ2) is 5.40. The second-order valence-electron chi connectivity index (χ2n) is 5.07. The van der Waals surface area contributed by atoms with Crippen LogP contribution in [-0.2, 0) is 6.61 Å². The van der Waals surface area contributed by atoms with E-state index in [1.54, 1.807) is 6.20 Å². The van der Waals surface area contributed by atoms with Crippen LogP contribution in [0.1, 0.15) is 16.8 Å². The van der Waals surface area contributed by atoms with Crippen molar-refractivity contribution in [3.05, 3.63) is 75.8 Å². The SMILES string of the molecule is Cc1ccc(C)c(OCc2cc(=O)n3ccccc3n2)c1. The fourth-order valence-corrected chi connectivity index (χ4v) is 2.19. The molecule has 3 rings (SSSR count). The van der Waals surface area contributed by atoms with Gasteiger partial charge in [0.2, 0.25) is 0 Å². The number of ether oxygens (including phenoxy) is 1. The van der Waals surface area contributed by atoms with Crippen molar-refractivity contribution in [1.29, 1.82) is 0 Å². The Labute approximate surface area is 122 Å². The number of pyridine rings is 1. The number of benzene rings is 1. The number of nitrogens with zero attached hydrogens (tertiary/aromatic N) is 2. The van der Waals surface area contributed by atoms with E-state index in [1.165, 1.54) is 10.5 Å². The molecule has 21 heavy (non-hydrogen) atoms. The predicted octanol–water partition coefficient (Wildman–Crippen LogP) is 2.89. The summed E-state index contributed by atoms with van der Waals surface area (Å²) >= 11 is 0. The normalized spacial score (nSPS) is 10.8. The van der Waals surface area contributed by atoms with Gasteiger partial charge in [0.05, 0.1) is 5.69 Å². The highest BCUT2D eigenvalue weighted by Gasteiger charge is 2.04. The van der Waals surface area contributed by atoms with E-state index in [9.17, 15) is 4.79 Å². The highest BCUT2D eigenvalue weighted by atomic mass is 16.5. The van der Waals surface area contributed by atoms with Crippen molar-refractivity contribution in [2.45, 2.75) is 20.5 Å². The van der Waals surface area contributed by atoms with Crippen molar-refractivity contribution in [2.24, 2.45) is 0 Å². The predicted molar refractivity (Wildman–Crippen MR) is 81.7 cm³/mol. The van der Waals surface area contributed by atoms with Crippen molar-refractivity contribution in [3.8, 4) is 5.75 Å². The van der Waals surface area contributed by atoms with E-state index >= 15 is 0 Å². The molecule has 3 aromatic rings. The van der Waals surface area contributed by atoms with Crippen LogP contribution in [-0.4, -0.2) is 9.38 Å². The third-order valence-corrected chi connectivity index (χ3v) is 3.34. The third kappa shape index (κ3) is 2.79. The zero-order chi connectivity index (χ0) is 14.8. The van der Waals surface area contributed by atoms with Crippen molar-refractivity contribution in [3.63, 3.8) is 0 Å². The Kier molecular flexibility index (Phi) is 3.44. The van der Waals surface area contributed by atoms with Gasteiger partial charge in [-0.3, -0.25) is 9.20 Å². The van der Waals surface area contributed by atoms with Gasteiger partial charge in [0, 0.05) is 12.3 Å². The molecule has 0 atom stereocenters. The monoisotopic (exact) mass is 280 g/mol. The molecule has 0 aliphatic carbocycles. The van der Waals surface area contributed by atoms with Gasteiger partial charge in [0.1, 0.15) is 18.0 Å². The number of hydrogen-bond donors (Lipinski definition) is 0. The molecule has 0 aliphatic heterocycles. The number of aryl methyl sites for hydroxylation is 2. The molecular formula is C17H16N2O2. The van der Waals surface area contributed by atoms with E-state index in [0.29, 0.717) is 11.3 Å². The molecule has 4 heteroatoms. The summed E-state index contributed by atoms with van der Waals surface area (Å²) in [5, 5.41) is 0. The van der Waals surface area contributed by atoms with Crippen molar-refractivity contribution in [1.82, 2.24) is 9.38 Å². The Balaban J connectivity index is 1.88. The number of hydrogen-bond acceptors (Lipinski definition) is 3. The van der Waals surface area contributed by atoms with Gasteiger partial charge < -0.3 is 4.74 Å². The van der Waals surface area contributed by atoms with Crippen LogP contribution >= 0.6 is 0 Å². The maximum absolute atomic E-state index is 12.0. The highest BCUT2D eigenvalue weighted by Crippen LogP contribution is 2.20. The molecule has 0 saturated heterocycles. The molecule has 0 bridgehead atoms. The molecule has 0 N–H and O–H groups in total. The maximum Gasteiger partial charge on any atom is 0.258 e. The van der Waals surface area contributed by atoms with Crippen molar-refractivity contribution < 1.29 is 4.74 Å². The topological polar surface area (TPSA) is 43.6 Å². The summed E-state index contributed by atoms with van der Waals surface area (Å²) in [5.41, 5.74) is 3.37. The maximum atomic E-state index is 12.0. The summed E-state index contributed by atoms with van der Waals surface area (Å²) < 4.78 is 7.31. The number of rotatable bonds is 3. The number of fused-ring (bicyclic) bond motifs is 1. The largest absolute Gasteiger partial charge is 0.487 e. The van der Waals surface area contributed by atoms with Gasteiger partial charge in [-0.2, -0.15) is 0 Å². The minimum atomic E-state index is -0.0971. The van der Waals surface area contributed by atoms with Crippen LogP contribution in [0.2, 0.25) is 0 Å². The van der Waals surface area contributed by atoms with E-state index in [2.05, 4.69) is 4.98 Å². The lowest BCUT2D eigenvalue weighted by atomic mass is 10.1. The molecule has 2 aromatic heterocycles. The summed E-state index contributed by atoms with van der Waals surface area (Å²) in [6, 6.07) is 13.0. The molecule has 0 aliphatic rings. The first kappa shape index (κ1) is 13.4. The van der Waals surface area contributed by atoms with Crippen LogP contribution < -0.4 is 10.3 Å². The van der Waals surface area contributed by atoms with E-state index in [4.69, 9.17) is 4.74 Å². The smallest absolute Gasteiger partial charge is 0.258 e. The summed E-state index contributed by atoms with van der Waals surface area (Å²) in [6.45, 7) is 4.30. The average molecular weight is 280 g/mol. The Morgan fingerprint density at radius 1 is 1.14 bits per heavy atom. The van der Waals surface area contributed by atoms with Crippen LogP contribution in [0.25, 0.3) is 5.65 Å². The average Bonchev–Trinajstić information content (AvgIpc) is 2.48. The fourth-order valence-electron chi connectivity index (χ4n) is 2.19. The quantitative estimate of drug-likeness (QED) is 0.741. The van der Waals surface area contributed by atoms with Crippen LogP contribution in [0.15, 0.2) is 53.5 Å².